The van der Waals surface area contributed by atoms with E-state index in [4.69, 9.17) is 9.84 Å². The molecule has 0 bridgehead atoms. The number of carboxylic acid groups (broad SMARTS) is 1. The number of hydrogen-bond acceptors (Lipinski definition) is 4. The van der Waals surface area contributed by atoms with E-state index in [-0.39, 0.29) is 11.8 Å². The molecular weight excluding hydrogens is 222 g/mol. The molecule has 88 valence electrons. The van der Waals surface area contributed by atoms with E-state index < -0.39 is 5.97 Å². The Morgan fingerprint density at radius 2 is 2.06 bits per heavy atom. The fraction of sp³-hybridized carbons (Fsp3) is 0.182. The lowest BCUT2D eigenvalue weighted by molar-refractivity contribution is 0.0680. The summed E-state index contributed by atoms with van der Waals surface area (Å²) in [5.41, 5.74) is 1.60. The van der Waals surface area contributed by atoms with Gasteiger partial charge in [-0.2, -0.15) is 0 Å². The number of aromatic carboxylic acids is 1. The molecule has 0 aliphatic rings. The Labute approximate surface area is 97.5 Å². The van der Waals surface area contributed by atoms with Crippen LogP contribution in [0.2, 0.25) is 0 Å². The van der Waals surface area contributed by atoms with Crippen LogP contribution >= 0.6 is 0 Å². The summed E-state index contributed by atoms with van der Waals surface area (Å²) in [5, 5.41) is 16.3. The second kappa shape index (κ2) is 4.25. The number of hydrogen-bond donors (Lipinski definition) is 1. The summed E-state index contributed by atoms with van der Waals surface area (Å²) >= 11 is 0. The lowest BCUT2D eigenvalue weighted by Crippen LogP contribution is -2.10. The zero-order valence-corrected chi connectivity index (χ0v) is 9.41. The summed E-state index contributed by atoms with van der Waals surface area (Å²) in [6, 6.07) is 7.49. The predicted molar refractivity (Wildman–Crippen MR) is 59.6 cm³/mol. The number of para-hydroxylation sites is 1. The summed E-state index contributed by atoms with van der Waals surface area (Å²) in [4.78, 5) is 11.1. The Hall–Kier alpha value is -2.37. The van der Waals surface area contributed by atoms with Gasteiger partial charge in [-0.1, -0.05) is 23.3 Å². The summed E-state index contributed by atoms with van der Waals surface area (Å²) in [5.74, 6) is -1.32. The Morgan fingerprint density at radius 1 is 1.35 bits per heavy atom. The van der Waals surface area contributed by atoms with Crippen molar-refractivity contribution >= 4 is 5.97 Å². The third kappa shape index (κ3) is 1.84. The van der Waals surface area contributed by atoms with Crippen molar-refractivity contribution in [3.8, 4) is 11.7 Å². The number of rotatable bonds is 3. The number of carboxylic acids is 1. The van der Waals surface area contributed by atoms with Gasteiger partial charge >= 0.3 is 12.0 Å². The third-order valence-electron chi connectivity index (χ3n) is 2.36. The number of methoxy groups -OCH3 is 1. The molecule has 0 aliphatic heterocycles. The van der Waals surface area contributed by atoms with Gasteiger partial charge < -0.3 is 9.84 Å². The van der Waals surface area contributed by atoms with Gasteiger partial charge in [-0.05, 0) is 18.6 Å². The molecule has 1 heterocycles. The fourth-order valence-corrected chi connectivity index (χ4v) is 1.57. The Morgan fingerprint density at radius 3 is 2.65 bits per heavy atom. The highest BCUT2D eigenvalue weighted by molar-refractivity contribution is 5.84. The third-order valence-corrected chi connectivity index (χ3v) is 2.36. The van der Waals surface area contributed by atoms with E-state index in [1.165, 1.54) is 11.7 Å². The molecule has 0 radical (unpaired) electrons. The van der Waals surface area contributed by atoms with E-state index in [0.29, 0.717) is 5.69 Å². The van der Waals surface area contributed by atoms with Crippen molar-refractivity contribution in [3.63, 3.8) is 0 Å². The van der Waals surface area contributed by atoms with Gasteiger partial charge in [0.2, 0.25) is 5.82 Å². The molecule has 0 saturated heterocycles. The van der Waals surface area contributed by atoms with Gasteiger partial charge in [0.15, 0.2) is 0 Å². The molecule has 0 spiro atoms. The number of ether oxygens (including phenoxy) is 1. The molecule has 1 aromatic heterocycles. The molecule has 1 aromatic carbocycles. The van der Waals surface area contributed by atoms with Gasteiger partial charge in [-0.25, -0.2) is 9.36 Å². The highest BCUT2D eigenvalue weighted by Gasteiger charge is 2.20. The van der Waals surface area contributed by atoms with Crippen LogP contribution in [0, 0.1) is 6.92 Å². The number of benzene rings is 1. The number of aryl methyl sites for hydroxylation is 1. The van der Waals surface area contributed by atoms with Crippen molar-refractivity contribution in [2.24, 2.45) is 0 Å². The minimum absolute atomic E-state index is 0.150. The summed E-state index contributed by atoms with van der Waals surface area (Å²) in [6.07, 6.45) is 0. The molecule has 0 saturated carbocycles. The van der Waals surface area contributed by atoms with Gasteiger partial charge in [0.25, 0.3) is 0 Å². The Balaban J connectivity index is 2.69. The molecule has 1 N–H and O–H groups in total. The normalized spacial score (nSPS) is 10.2. The van der Waals surface area contributed by atoms with E-state index in [0.717, 1.165) is 5.56 Å². The smallest absolute Gasteiger partial charge is 0.374 e. The number of carbonyl (C=O) groups is 1. The molecule has 6 heteroatoms. The Bertz CT molecular complexity index is 563. The van der Waals surface area contributed by atoms with E-state index in [1.807, 2.05) is 25.1 Å². The van der Waals surface area contributed by atoms with Gasteiger partial charge in [-0.3, -0.25) is 0 Å². The van der Waals surface area contributed by atoms with Crippen molar-refractivity contribution in [1.29, 1.82) is 0 Å². The maximum Gasteiger partial charge on any atom is 0.374 e. The number of nitrogens with zero attached hydrogens (tertiary/aromatic N) is 3. The Kier molecular flexibility index (Phi) is 2.78. The minimum Gasteiger partial charge on any atom is -0.475 e. The topological polar surface area (TPSA) is 77.2 Å². The fourth-order valence-electron chi connectivity index (χ4n) is 1.57. The standard InChI is InChI=1S/C11H11N3O3/c1-7-5-3-4-6-8(7)14-9(10(15)16)12-13-11(14)17-2/h3-6H,1-2H3,(H,15,16). The molecule has 17 heavy (non-hydrogen) atoms. The second-order valence-electron chi connectivity index (χ2n) is 3.44. The van der Waals surface area contributed by atoms with Gasteiger partial charge in [0.05, 0.1) is 12.8 Å². The van der Waals surface area contributed by atoms with Crippen LogP contribution in [0.25, 0.3) is 5.69 Å². The zero-order chi connectivity index (χ0) is 12.4. The zero-order valence-electron chi connectivity index (χ0n) is 9.41. The molecule has 0 aliphatic carbocycles. The van der Waals surface area contributed by atoms with Gasteiger partial charge in [0.1, 0.15) is 0 Å². The van der Waals surface area contributed by atoms with Crippen LogP contribution < -0.4 is 4.74 Å². The molecule has 0 fully saturated rings. The van der Waals surface area contributed by atoms with Crippen molar-refractivity contribution in [3.05, 3.63) is 35.7 Å². The lowest BCUT2D eigenvalue weighted by atomic mass is 10.2. The first-order valence-corrected chi connectivity index (χ1v) is 4.94. The molecule has 0 atom stereocenters. The van der Waals surface area contributed by atoms with Crippen LogP contribution in [0.3, 0.4) is 0 Å². The van der Waals surface area contributed by atoms with Gasteiger partial charge in [0, 0.05) is 0 Å². The number of aromatic nitrogens is 3. The van der Waals surface area contributed by atoms with Crippen molar-refractivity contribution in [1.82, 2.24) is 14.8 Å². The van der Waals surface area contributed by atoms with Crippen molar-refractivity contribution in [2.45, 2.75) is 6.92 Å². The summed E-state index contributed by atoms with van der Waals surface area (Å²) in [7, 11) is 1.42. The van der Waals surface area contributed by atoms with Crippen LogP contribution in [-0.4, -0.2) is 33.0 Å². The first kappa shape index (κ1) is 11.1. The average molecular weight is 233 g/mol. The average Bonchev–Trinajstić information content (AvgIpc) is 2.73. The van der Waals surface area contributed by atoms with Crippen molar-refractivity contribution < 1.29 is 14.6 Å². The largest absolute Gasteiger partial charge is 0.475 e. The van der Waals surface area contributed by atoms with E-state index in [9.17, 15) is 4.79 Å². The van der Waals surface area contributed by atoms with Crippen molar-refractivity contribution in [2.75, 3.05) is 7.11 Å². The quantitative estimate of drug-likeness (QED) is 0.864. The highest BCUT2D eigenvalue weighted by atomic mass is 16.5. The second-order valence-corrected chi connectivity index (χ2v) is 3.44. The minimum atomic E-state index is -1.15. The first-order chi connectivity index (χ1) is 8.15. The van der Waals surface area contributed by atoms with Crippen LogP contribution in [0.5, 0.6) is 6.01 Å². The van der Waals surface area contributed by atoms with E-state index >= 15 is 0 Å². The summed E-state index contributed by atoms with van der Waals surface area (Å²) in [6.45, 7) is 1.88. The van der Waals surface area contributed by atoms with Crippen LogP contribution in [-0.2, 0) is 0 Å². The van der Waals surface area contributed by atoms with Crippen LogP contribution in [0.1, 0.15) is 16.2 Å². The molecular formula is C11H11N3O3. The summed E-state index contributed by atoms with van der Waals surface area (Å²) < 4.78 is 6.38. The predicted octanol–water partition coefficient (Wildman–Crippen LogP) is 1.28. The lowest BCUT2D eigenvalue weighted by Gasteiger charge is -2.09. The molecule has 6 nitrogen and oxygen atoms in total. The molecule has 0 amide bonds. The van der Waals surface area contributed by atoms with E-state index in [1.54, 1.807) is 6.07 Å². The maximum absolute atomic E-state index is 11.1. The van der Waals surface area contributed by atoms with Gasteiger partial charge in [-0.15, -0.1) is 5.10 Å². The van der Waals surface area contributed by atoms with Crippen LogP contribution in [0.4, 0.5) is 0 Å². The molecule has 2 aromatic rings. The van der Waals surface area contributed by atoms with Crippen LogP contribution in [0.15, 0.2) is 24.3 Å². The first-order valence-electron chi connectivity index (χ1n) is 4.94. The SMILES string of the molecule is COc1nnc(C(=O)O)n1-c1ccccc1C. The molecule has 2 rings (SSSR count). The van der Waals surface area contributed by atoms with E-state index in [2.05, 4.69) is 10.2 Å². The monoisotopic (exact) mass is 233 g/mol. The highest BCUT2D eigenvalue weighted by Crippen LogP contribution is 2.21. The maximum atomic E-state index is 11.1. The molecule has 0 unspecified atom stereocenters.